The second-order valence-electron chi connectivity index (χ2n) is 9.73. The van der Waals surface area contributed by atoms with E-state index in [9.17, 15) is 0 Å². The lowest BCUT2D eigenvalue weighted by molar-refractivity contribution is -0.00440. The van der Waals surface area contributed by atoms with Crippen molar-refractivity contribution >= 4 is 9.39 Å². The van der Waals surface area contributed by atoms with Crippen LogP contribution in [0.4, 0.5) is 0 Å². The van der Waals surface area contributed by atoms with Gasteiger partial charge in [-0.05, 0) is 59.9 Å². The number of nitrogens with one attached hydrogen (secondary N) is 2. The highest BCUT2D eigenvalue weighted by molar-refractivity contribution is 7.13. The van der Waals surface area contributed by atoms with Crippen molar-refractivity contribution in [2.45, 2.75) is 105 Å². The molecule has 0 rings (SSSR count). The molecule has 26 heavy (non-hydrogen) atoms. The Morgan fingerprint density at radius 1 is 1.00 bits per heavy atom. The van der Waals surface area contributed by atoms with E-state index in [4.69, 9.17) is 0 Å². The van der Waals surface area contributed by atoms with Crippen LogP contribution in [0.1, 0.15) is 88.5 Å². The summed E-state index contributed by atoms with van der Waals surface area (Å²) in [6.45, 7) is 28.5. The molecule has 0 saturated heterocycles. The number of hydrogen-bond acceptors (Lipinski definition) is 3. The summed E-state index contributed by atoms with van der Waals surface area (Å²) in [5, 5.41) is 7.04. The van der Waals surface area contributed by atoms with E-state index in [1.165, 1.54) is 12.8 Å². The first kappa shape index (κ1) is 25.9. The van der Waals surface area contributed by atoms with Crippen molar-refractivity contribution in [2.24, 2.45) is 11.3 Å². The Morgan fingerprint density at radius 2 is 1.46 bits per heavy atom. The third-order valence-electron chi connectivity index (χ3n) is 7.51. The van der Waals surface area contributed by atoms with Crippen LogP contribution in [0.5, 0.6) is 0 Å². The molecule has 0 aliphatic heterocycles. The fourth-order valence-corrected chi connectivity index (χ4v) is 4.43. The molecule has 2 unspecified atom stereocenters. The second kappa shape index (κ2) is 9.39. The standard InChI is InChI=1S/C22H48N3P/c1-13-21(11,16-25(12)22(14-2,15-3)17(4)5)20(9,10)23-18(6)19(7,8)24-26/h17,23-24H,6,13-16,26H2,1-5,7-12H3. The number of nitrogens with zero attached hydrogens (tertiary/aromatic N) is 1. The van der Waals surface area contributed by atoms with Crippen molar-refractivity contribution in [1.29, 1.82) is 0 Å². The predicted octanol–water partition coefficient (Wildman–Crippen LogP) is 5.59. The molecule has 2 N–H and O–H groups in total. The van der Waals surface area contributed by atoms with E-state index in [2.05, 4.69) is 108 Å². The summed E-state index contributed by atoms with van der Waals surface area (Å²) in [7, 11) is 4.93. The van der Waals surface area contributed by atoms with E-state index >= 15 is 0 Å². The predicted molar refractivity (Wildman–Crippen MR) is 122 cm³/mol. The molecule has 0 amide bonds. The van der Waals surface area contributed by atoms with Gasteiger partial charge in [-0.25, -0.2) is 0 Å². The lowest BCUT2D eigenvalue weighted by Gasteiger charge is -2.53. The van der Waals surface area contributed by atoms with Gasteiger partial charge in [0, 0.05) is 28.7 Å². The minimum Gasteiger partial charge on any atom is -0.382 e. The topological polar surface area (TPSA) is 27.3 Å². The van der Waals surface area contributed by atoms with Crippen LogP contribution in [-0.4, -0.2) is 35.1 Å². The molecule has 0 bridgehead atoms. The lowest BCUT2D eigenvalue weighted by Crippen LogP contribution is -2.61. The van der Waals surface area contributed by atoms with E-state index in [1.807, 2.05) is 0 Å². The Bertz CT molecular complexity index is 452. The summed E-state index contributed by atoms with van der Waals surface area (Å²) in [5.41, 5.74) is 1.16. The summed E-state index contributed by atoms with van der Waals surface area (Å²) in [4.78, 5) is 2.63. The molecule has 0 heterocycles. The van der Waals surface area contributed by atoms with Crippen LogP contribution in [0.15, 0.2) is 12.3 Å². The third-order valence-corrected chi connectivity index (χ3v) is 8.24. The maximum atomic E-state index is 4.32. The highest BCUT2D eigenvalue weighted by Crippen LogP contribution is 2.40. The van der Waals surface area contributed by atoms with Crippen LogP contribution in [-0.2, 0) is 0 Å². The van der Waals surface area contributed by atoms with E-state index in [-0.39, 0.29) is 22.0 Å². The highest BCUT2D eigenvalue weighted by Gasteiger charge is 2.45. The Balaban J connectivity index is 5.65. The summed E-state index contributed by atoms with van der Waals surface area (Å²) in [6, 6.07) is 0. The highest BCUT2D eigenvalue weighted by atomic mass is 31.0. The SMILES string of the molecule is C=C(NC(C)(C)C(C)(CC)CN(C)C(CC)(CC)C(C)C)C(C)(C)NP. The molecule has 0 aromatic carbocycles. The van der Waals surface area contributed by atoms with Crippen molar-refractivity contribution in [3.63, 3.8) is 0 Å². The molecular formula is C22H48N3P. The van der Waals surface area contributed by atoms with Crippen LogP contribution in [0.3, 0.4) is 0 Å². The normalized spacial score (nSPS) is 16.1. The molecule has 156 valence electrons. The average molecular weight is 386 g/mol. The van der Waals surface area contributed by atoms with Crippen molar-refractivity contribution in [3.8, 4) is 0 Å². The van der Waals surface area contributed by atoms with Gasteiger partial charge in [0.15, 0.2) is 0 Å². The average Bonchev–Trinajstić information content (AvgIpc) is 2.55. The van der Waals surface area contributed by atoms with Gasteiger partial charge in [-0.15, -0.1) is 0 Å². The van der Waals surface area contributed by atoms with Crippen LogP contribution in [0.25, 0.3) is 0 Å². The zero-order chi connectivity index (χ0) is 21.0. The van der Waals surface area contributed by atoms with Gasteiger partial charge < -0.3 is 5.32 Å². The minimum absolute atomic E-state index is 0.0733. The molecule has 0 aliphatic carbocycles. The van der Waals surface area contributed by atoms with E-state index in [1.54, 1.807) is 0 Å². The van der Waals surface area contributed by atoms with Gasteiger partial charge in [0.2, 0.25) is 0 Å². The summed E-state index contributed by atoms with van der Waals surface area (Å²) in [6.07, 6.45) is 3.48. The Labute approximate surface area is 167 Å². The van der Waals surface area contributed by atoms with Crippen molar-refractivity contribution < 1.29 is 0 Å². The maximum Gasteiger partial charge on any atom is 0.0548 e. The van der Waals surface area contributed by atoms with Gasteiger partial charge in [-0.2, -0.15) is 0 Å². The number of hydrogen-bond donors (Lipinski definition) is 2. The molecule has 0 spiro atoms. The fraction of sp³-hybridized carbons (Fsp3) is 0.909. The quantitative estimate of drug-likeness (QED) is 0.429. The Morgan fingerprint density at radius 3 is 1.77 bits per heavy atom. The molecule has 4 heteroatoms. The van der Waals surface area contributed by atoms with E-state index < -0.39 is 0 Å². The van der Waals surface area contributed by atoms with Crippen LogP contribution < -0.4 is 10.4 Å². The molecule has 0 aliphatic rings. The molecule has 2 atom stereocenters. The zero-order valence-corrected chi connectivity index (χ0v) is 20.8. The van der Waals surface area contributed by atoms with Gasteiger partial charge >= 0.3 is 0 Å². The monoisotopic (exact) mass is 385 g/mol. The van der Waals surface area contributed by atoms with Gasteiger partial charge in [-0.1, -0.05) is 57.5 Å². The Kier molecular flexibility index (Phi) is 9.35. The third kappa shape index (κ3) is 5.24. The summed E-state index contributed by atoms with van der Waals surface area (Å²) < 4.78 is 0. The van der Waals surface area contributed by atoms with Gasteiger partial charge in [0.05, 0.1) is 5.54 Å². The molecule has 0 saturated carbocycles. The van der Waals surface area contributed by atoms with Gasteiger partial charge in [0.25, 0.3) is 0 Å². The van der Waals surface area contributed by atoms with Crippen LogP contribution >= 0.6 is 9.39 Å². The summed E-state index contributed by atoms with van der Waals surface area (Å²) >= 11 is 0. The minimum atomic E-state index is -0.170. The lowest BCUT2D eigenvalue weighted by atomic mass is 9.68. The van der Waals surface area contributed by atoms with Crippen LogP contribution in [0.2, 0.25) is 0 Å². The molecule has 0 radical (unpaired) electrons. The van der Waals surface area contributed by atoms with Crippen molar-refractivity contribution in [3.05, 3.63) is 12.3 Å². The molecule has 3 nitrogen and oxygen atoms in total. The van der Waals surface area contributed by atoms with Crippen LogP contribution in [0, 0.1) is 11.3 Å². The molecule has 0 fully saturated rings. The fourth-order valence-electron chi connectivity index (χ4n) is 4.25. The number of rotatable bonds is 12. The first-order valence-corrected chi connectivity index (χ1v) is 10.9. The van der Waals surface area contributed by atoms with Gasteiger partial charge in [-0.3, -0.25) is 9.99 Å². The second-order valence-corrected chi connectivity index (χ2v) is 10.0. The maximum absolute atomic E-state index is 4.32. The van der Waals surface area contributed by atoms with Crippen molar-refractivity contribution in [1.82, 2.24) is 15.3 Å². The molecule has 0 aromatic rings. The van der Waals surface area contributed by atoms with E-state index in [0.717, 1.165) is 18.7 Å². The largest absolute Gasteiger partial charge is 0.382 e. The van der Waals surface area contributed by atoms with Crippen molar-refractivity contribution in [2.75, 3.05) is 13.6 Å². The summed E-state index contributed by atoms with van der Waals surface area (Å²) in [5.74, 6) is 0.634. The Hall–Kier alpha value is -0.110. The molecular weight excluding hydrogens is 337 g/mol. The van der Waals surface area contributed by atoms with E-state index in [0.29, 0.717) is 5.92 Å². The first-order chi connectivity index (χ1) is 11.7. The van der Waals surface area contributed by atoms with Gasteiger partial charge in [0.1, 0.15) is 0 Å². The molecule has 0 aromatic heterocycles. The zero-order valence-electron chi connectivity index (χ0n) is 19.6. The smallest absolute Gasteiger partial charge is 0.0548 e. The first-order valence-electron chi connectivity index (χ1n) is 10.4.